The van der Waals surface area contributed by atoms with E-state index < -0.39 is 11.9 Å². The number of anilines is 1. The lowest BCUT2D eigenvalue weighted by Crippen LogP contribution is -2.45. The van der Waals surface area contributed by atoms with Crippen molar-refractivity contribution in [2.75, 3.05) is 16.9 Å². The minimum atomic E-state index is -0.564. The minimum absolute atomic E-state index is 0.179. The molecule has 0 spiro atoms. The molecule has 23 heavy (non-hydrogen) atoms. The molecule has 1 atom stereocenters. The van der Waals surface area contributed by atoms with Gasteiger partial charge in [-0.05, 0) is 30.3 Å². The Bertz CT molecular complexity index is 746. The number of benzene rings is 1. The fourth-order valence-electron chi connectivity index (χ4n) is 2.48. The quantitative estimate of drug-likeness (QED) is 0.938. The maximum atomic E-state index is 13.2. The van der Waals surface area contributed by atoms with Gasteiger partial charge in [0.15, 0.2) is 0 Å². The summed E-state index contributed by atoms with van der Waals surface area (Å²) < 4.78 is 14.9. The molecule has 1 saturated heterocycles. The lowest BCUT2D eigenvalue weighted by atomic mass is 10.2. The van der Waals surface area contributed by atoms with Crippen molar-refractivity contribution in [3.63, 3.8) is 0 Å². The number of hydrogen-bond donors (Lipinski definition) is 1. The van der Waals surface area contributed by atoms with Gasteiger partial charge < -0.3 is 14.8 Å². The van der Waals surface area contributed by atoms with Crippen LogP contribution in [-0.4, -0.2) is 39.0 Å². The summed E-state index contributed by atoms with van der Waals surface area (Å²) in [4.78, 5) is 26.6. The summed E-state index contributed by atoms with van der Waals surface area (Å²) >= 11 is 1.52. The molecule has 1 aliphatic heterocycles. The molecule has 2 heterocycles. The molecule has 1 fully saturated rings. The molecule has 1 aliphatic rings. The molecule has 0 saturated carbocycles. The smallest absolute Gasteiger partial charge is 0.271 e. The van der Waals surface area contributed by atoms with E-state index in [-0.39, 0.29) is 11.8 Å². The molecule has 2 amide bonds. The zero-order valence-electron chi connectivity index (χ0n) is 12.5. The largest absolute Gasteiger partial charge is 0.347 e. The number of halogens is 1. The summed E-state index contributed by atoms with van der Waals surface area (Å²) in [5.74, 6) is 0.0909. The number of hydrogen-bond acceptors (Lipinski definition) is 3. The molecule has 5 nitrogen and oxygen atoms in total. The number of carbonyl (C=O) groups is 2. The van der Waals surface area contributed by atoms with Crippen LogP contribution in [0.1, 0.15) is 10.5 Å². The maximum Gasteiger partial charge on any atom is 0.271 e. The molecule has 7 heteroatoms. The molecule has 1 N–H and O–H groups in total. The van der Waals surface area contributed by atoms with Gasteiger partial charge in [0.1, 0.15) is 17.6 Å². The van der Waals surface area contributed by atoms with Gasteiger partial charge in [-0.25, -0.2) is 4.39 Å². The molecule has 3 rings (SSSR count). The van der Waals surface area contributed by atoms with E-state index in [1.807, 2.05) is 0 Å². The van der Waals surface area contributed by atoms with Gasteiger partial charge >= 0.3 is 0 Å². The molecule has 1 aromatic carbocycles. The molecule has 0 radical (unpaired) electrons. The molecule has 0 aliphatic carbocycles. The SMILES string of the molecule is Cn1cccc1C(=O)N1CSC[C@H]1C(=O)Nc1cccc(F)c1. The maximum absolute atomic E-state index is 13.2. The van der Waals surface area contributed by atoms with E-state index in [1.54, 1.807) is 40.9 Å². The molecular formula is C16H16FN3O2S. The van der Waals surface area contributed by atoms with Gasteiger partial charge in [-0.15, -0.1) is 11.8 Å². The number of amides is 2. The highest BCUT2D eigenvalue weighted by molar-refractivity contribution is 7.99. The van der Waals surface area contributed by atoms with E-state index in [4.69, 9.17) is 0 Å². The van der Waals surface area contributed by atoms with E-state index in [0.29, 0.717) is 23.0 Å². The van der Waals surface area contributed by atoms with Crippen LogP contribution in [0.2, 0.25) is 0 Å². The van der Waals surface area contributed by atoms with E-state index in [0.717, 1.165) is 0 Å². The van der Waals surface area contributed by atoms with Crippen molar-refractivity contribution in [3.8, 4) is 0 Å². The Hall–Kier alpha value is -2.28. The van der Waals surface area contributed by atoms with Crippen LogP contribution in [0.25, 0.3) is 0 Å². The van der Waals surface area contributed by atoms with Gasteiger partial charge in [-0.1, -0.05) is 6.07 Å². The van der Waals surface area contributed by atoms with Crippen LogP contribution in [0.15, 0.2) is 42.6 Å². The number of rotatable bonds is 3. The second-order valence-corrected chi connectivity index (χ2v) is 6.29. The van der Waals surface area contributed by atoms with Crippen LogP contribution in [0.4, 0.5) is 10.1 Å². The third kappa shape index (κ3) is 3.24. The first-order valence-electron chi connectivity index (χ1n) is 7.13. The number of thioether (sulfide) groups is 1. The second-order valence-electron chi connectivity index (χ2n) is 5.29. The zero-order valence-corrected chi connectivity index (χ0v) is 13.3. The number of nitrogens with zero attached hydrogens (tertiary/aromatic N) is 2. The van der Waals surface area contributed by atoms with Crippen LogP contribution in [0, 0.1) is 5.82 Å². The molecule has 0 bridgehead atoms. The molecule has 2 aromatic rings. The van der Waals surface area contributed by atoms with Crippen LogP contribution < -0.4 is 5.32 Å². The first kappa shape index (κ1) is 15.6. The van der Waals surface area contributed by atoms with Crippen molar-refractivity contribution >= 4 is 29.3 Å². The number of carbonyl (C=O) groups excluding carboxylic acids is 2. The van der Waals surface area contributed by atoms with Crippen molar-refractivity contribution in [3.05, 3.63) is 54.1 Å². The Morgan fingerprint density at radius 1 is 1.30 bits per heavy atom. The Balaban J connectivity index is 1.75. The second kappa shape index (κ2) is 6.45. The lowest BCUT2D eigenvalue weighted by Gasteiger charge is -2.23. The van der Waals surface area contributed by atoms with Gasteiger partial charge in [-0.3, -0.25) is 9.59 Å². The average molecular weight is 333 g/mol. The Morgan fingerprint density at radius 3 is 2.83 bits per heavy atom. The fourth-order valence-corrected chi connectivity index (χ4v) is 3.64. The fraction of sp³-hybridized carbons (Fsp3) is 0.250. The van der Waals surface area contributed by atoms with Crippen LogP contribution in [0.3, 0.4) is 0 Å². The summed E-state index contributed by atoms with van der Waals surface area (Å²) in [6, 6.07) is 8.67. The minimum Gasteiger partial charge on any atom is -0.347 e. The first-order chi connectivity index (χ1) is 11.1. The highest BCUT2D eigenvalue weighted by atomic mass is 32.2. The normalized spacial score (nSPS) is 17.3. The molecule has 120 valence electrons. The van der Waals surface area contributed by atoms with Crippen molar-refractivity contribution < 1.29 is 14.0 Å². The van der Waals surface area contributed by atoms with E-state index in [9.17, 15) is 14.0 Å². The Morgan fingerprint density at radius 2 is 2.13 bits per heavy atom. The summed E-state index contributed by atoms with van der Waals surface area (Å²) in [6.07, 6.45) is 1.79. The molecular weight excluding hydrogens is 317 g/mol. The lowest BCUT2D eigenvalue weighted by molar-refractivity contribution is -0.119. The summed E-state index contributed by atoms with van der Waals surface area (Å²) in [5, 5.41) is 2.68. The van der Waals surface area contributed by atoms with Crippen molar-refractivity contribution in [2.24, 2.45) is 7.05 Å². The van der Waals surface area contributed by atoms with E-state index >= 15 is 0 Å². The highest BCUT2D eigenvalue weighted by Gasteiger charge is 2.35. The number of nitrogens with one attached hydrogen (secondary N) is 1. The summed E-state index contributed by atoms with van der Waals surface area (Å²) in [7, 11) is 1.79. The predicted octanol–water partition coefficient (Wildman–Crippen LogP) is 2.32. The van der Waals surface area contributed by atoms with Gasteiger partial charge in [0, 0.05) is 24.7 Å². The van der Waals surface area contributed by atoms with Crippen LogP contribution >= 0.6 is 11.8 Å². The van der Waals surface area contributed by atoms with Crippen molar-refractivity contribution in [1.82, 2.24) is 9.47 Å². The molecule has 1 aromatic heterocycles. The number of aryl methyl sites for hydroxylation is 1. The van der Waals surface area contributed by atoms with Crippen molar-refractivity contribution in [1.29, 1.82) is 0 Å². The first-order valence-corrected chi connectivity index (χ1v) is 8.28. The Labute approximate surface area is 137 Å². The standard InChI is InChI=1S/C16H16FN3O2S/c1-19-7-3-6-13(19)16(22)20-10-23-9-14(20)15(21)18-12-5-2-4-11(17)8-12/h2-8,14H,9-10H2,1H3,(H,18,21)/t14-/m0/s1. The third-order valence-electron chi connectivity index (χ3n) is 3.70. The summed E-state index contributed by atoms with van der Waals surface area (Å²) in [5.41, 5.74) is 0.925. The summed E-state index contributed by atoms with van der Waals surface area (Å²) in [6.45, 7) is 0. The topological polar surface area (TPSA) is 54.3 Å². The van der Waals surface area contributed by atoms with E-state index in [2.05, 4.69) is 5.32 Å². The highest BCUT2D eigenvalue weighted by Crippen LogP contribution is 2.24. The van der Waals surface area contributed by atoms with Crippen LogP contribution in [-0.2, 0) is 11.8 Å². The average Bonchev–Trinajstić information content (AvgIpc) is 3.15. The van der Waals surface area contributed by atoms with Crippen molar-refractivity contribution in [2.45, 2.75) is 6.04 Å². The van der Waals surface area contributed by atoms with Gasteiger partial charge in [0.25, 0.3) is 5.91 Å². The monoisotopic (exact) mass is 333 g/mol. The molecule has 0 unspecified atom stereocenters. The van der Waals surface area contributed by atoms with Crippen LogP contribution in [0.5, 0.6) is 0 Å². The predicted molar refractivity (Wildman–Crippen MR) is 87.7 cm³/mol. The Kier molecular flexibility index (Phi) is 4.38. The van der Waals surface area contributed by atoms with Gasteiger partial charge in [0.2, 0.25) is 5.91 Å². The van der Waals surface area contributed by atoms with Gasteiger partial charge in [0.05, 0.1) is 5.88 Å². The zero-order chi connectivity index (χ0) is 16.4. The van der Waals surface area contributed by atoms with E-state index in [1.165, 1.54) is 30.0 Å². The number of aromatic nitrogens is 1. The third-order valence-corrected chi connectivity index (χ3v) is 4.71. The van der Waals surface area contributed by atoms with Gasteiger partial charge in [-0.2, -0.15) is 0 Å².